The third-order valence-corrected chi connectivity index (χ3v) is 4.60. The van der Waals surface area contributed by atoms with Crippen LogP contribution in [0.1, 0.15) is 11.1 Å². The zero-order valence-corrected chi connectivity index (χ0v) is 14.7. The molecule has 0 spiro atoms. The number of thioether (sulfide) groups is 1. The first-order chi connectivity index (χ1) is 11.8. The van der Waals surface area contributed by atoms with Crippen LogP contribution in [-0.4, -0.2) is 24.4 Å². The molecule has 0 saturated heterocycles. The van der Waals surface area contributed by atoms with Crippen molar-refractivity contribution in [1.82, 2.24) is 0 Å². The van der Waals surface area contributed by atoms with E-state index in [9.17, 15) is 18.0 Å². The molecular formula is C18H19F3N2OS. The molecule has 0 aliphatic rings. The predicted octanol–water partition coefficient (Wildman–Crippen LogP) is 5.01. The largest absolute Gasteiger partial charge is 0.398 e. The van der Waals surface area contributed by atoms with Crippen molar-refractivity contribution in [2.45, 2.75) is 24.9 Å². The van der Waals surface area contributed by atoms with E-state index in [0.29, 0.717) is 22.3 Å². The number of carbonyl (C=O) groups excluding carboxylic acids is 1. The van der Waals surface area contributed by atoms with Gasteiger partial charge in [0.1, 0.15) is 0 Å². The van der Waals surface area contributed by atoms with Crippen LogP contribution >= 0.6 is 11.8 Å². The second-order valence-corrected chi connectivity index (χ2v) is 6.59. The summed E-state index contributed by atoms with van der Waals surface area (Å²) in [5.41, 5.74) is 3.17. The van der Waals surface area contributed by atoms with Gasteiger partial charge >= 0.3 is 6.18 Å². The highest BCUT2D eigenvalue weighted by Gasteiger charge is 2.27. The van der Waals surface area contributed by atoms with E-state index in [-0.39, 0.29) is 12.5 Å². The van der Waals surface area contributed by atoms with Crippen LogP contribution in [0.2, 0.25) is 0 Å². The van der Waals surface area contributed by atoms with Crippen LogP contribution in [0.25, 0.3) is 0 Å². The molecule has 2 rings (SSSR count). The van der Waals surface area contributed by atoms with Crippen LogP contribution in [0.15, 0.2) is 47.4 Å². The van der Waals surface area contributed by atoms with Gasteiger partial charge in [0.2, 0.25) is 5.91 Å². The number of alkyl halides is 3. The summed E-state index contributed by atoms with van der Waals surface area (Å²) in [6, 6.07) is 12.3. The van der Waals surface area contributed by atoms with E-state index in [1.807, 2.05) is 32.0 Å². The van der Waals surface area contributed by atoms with Crippen LogP contribution in [0.4, 0.5) is 24.5 Å². The highest BCUT2D eigenvalue weighted by atomic mass is 32.2. The minimum Gasteiger partial charge on any atom is -0.375 e. The van der Waals surface area contributed by atoms with E-state index in [0.717, 1.165) is 16.8 Å². The van der Waals surface area contributed by atoms with Gasteiger partial charge in [-0.05, 0) is 37.1 Å². The van der Waals surface area contributed by atoms with E-state index in [2.05, 4.69) is 10.6 Å². The van der Waals surface area contributed by atoms with Crippen molar-refractivity contribution >= 4 is 29.0 Å². The monoisotopic (exact) mass is 368 g/mol. The van der Waals surface area contributed by atoms with Gasteiger partial charge < -0.3 is 10.6 Å². The minimum atomic E-state index is -4.24. The van der Waals surface area contributed by atoms with Crippen LogP contribution in [0.3, 0.4) is 0 Å². The lowest BCUT2D eigenvalue weighted by Gasteiger charge is -2.14. The molecule has 0 fully saturated rings. The average molecular weight is 368 g/mol. The van der Waals surface area contributed by atoms with Crippen molar-refractivity contribution in [2.75, 3.05) is 22.9 Å². The summed E-state index contributed by atoms with van der Waals surface area (Å²) in [5.74, 6) is -1.23. The lowest BCUT2D eigenvalue weighted by Crippen LogP contribution is -2.23. The summed E-state index contributed by atoms with van der Waals surface area (Å²) in [6.07, 6.45) is -4.24. The van der Waals surface area contributed by atoms with Gasteiger partial charge in [-0.3, -0.25) is 4.79 Å². The summed E-state index contributed by atoms with van der Waals surface area (Å²) in [7, 11) is 0. The molecule has 2 aromatic carbocycles. The van der Waals surface area contributed by atoms with E-state index in [1.165, 1.54) is 0 Å². The van der Waals surface area contributed by atoms with Crippen LogP contribution in [0, 0.1) is 13.8 Å². The average Bonchev–Trinajstić information content (AvgIpc) is 2.54. The number of halogens is 3. The zero-order valence-electron chi connectivity index (χ0n) is 13.9. The van der Waals surface area contributed by atoms with Crippen molar-refractivity contribution in [3.63, 3.8) is 0 Å². The standard InChI is InChI=1S/C18H19F3N2OS/c1-12-6-5-7-13(2)17(12)23-16(24)10-22-14-8-3-4-9-15(14)25-11-18(19,20)21/h3-9,22H,10-11H2,1-2H3,(H,23,24). The molecule has 0 heterocycles. The fourth-order valence-electron chi connectivity index (χ4n) is 2.27. The maximum atomic E-state index is 12.4. The molecule has 0 saturated carbocycles. The SMILES string of the molecule is Cc1cccc(C)c1NC(=O)CNc1ccccc1SCC(F)(F)F. The lowest BCUT2D eigenvalue weighted by atomic mass is 10.1. The van der Waals surface area contributed by atoms with Gasteiger partial charge in [-0.25, -0.2) is 0 Å². The second kappa shape index (κ2) is 8.29. The van der Waals surface area contributed by atoms with Gasteiger partial charge in [-0.1, -0.05) is 30.3 Å². The highest BCUT2D eigenvalue weighted by molar-refractivity contribution is 7.99. The maximum absolute atomic E-state index is 12.4. The number of carbonyl (C=O) groups is 1. The zero-order chi connectivity index (χ0) is 18.4. The van der Waals surface area contributed by atoms with Crippen LogP contribution in [-0.2, 0) is 4.79 Å². The van der Waals surface area contributed by atoms with Crippen molar-refractivity contribution < 1.29 is 18.0 Å². The fourth-order valence-corrected chi connectivity index (χ4v) is 3.06. The van der Waals surface area contributed by atoms with Crippen molar-refractivity contribution in [2.24, 2.45) is 0 Å². The molecule has 0 aliphatic heterocycles. The molecule has 7 heteroatoms. The molecule has 2 N–H and O–H groups in total. The summed E-state index contributed by atoms with van der Waals surface area (Å²) >= 11 is 0.695. The molecule has 2 aromatic rings. The van der Waals surface area contributed by atoms with Crippen molar-refractivity contribution in [1.29, 1.82) is 0 Å². The number of anilines is 2. The molecule has 3 nitrogen and oxygen atoms in total. The number of amides is 1. The van der Waals surface area contributed by atoms with Gasteiger partial charge in [-0.15, -0.1) is 11.8 Å². The molecule has 0 aromatic heterocycles. The lowest BCUT2D eigenvalue weighted by molar-refractivity contribution is -0.114. The van der Waals surface area contributed by atoms with E-state index >= 15 is 0 Å². The maximum Gasteiger partial charge on any atom is 0.398 e. The number of benzene rings is 2. The fraction of sp³-hybridized carbons (Fsp3) is 0.278. The molecule has 0 bridgehead atoms. The Morgan fingerprint density at radius 1 is 1.04 bits per heavy atom. The first-order valence-electron chi connectivity index (χ1n) is 7.65. The Labute approximate surface area is 149 Å². The topological polar surface area (TPSA) is 41.1 Å². The Bertz CT molecular complexity index is 727. The smallest absolute Gasteiger partial charge is 0.375 e. The molecule has 1 amide bonds. The number of hydrogen-bond donors (Lipinski definition) is 2. The summed E-state index contributed by atoms with van der Waals surface area (Å²) < 4.78 is 37.2. The Hall–Kier alpha value is -2.15. The van der Waals surface area contributed by atoms with Crippen LogP contribution < -0.4 is 10.6 Å². The quantitative estimate of drug-likeness (QED) is 0.705. The summed E-state index contributed by atoms with van der Waals surface area (Å²) in [5, 5.41) is 5.74. The summed E-state index contributed by atoms with van der Waals surface area (Å²) in [4.78, 5) is 12.6. The molecule has 134 valence electrons. The van der Waals surface area contributed by atoms with Gasteiger partial charge in [0.15, 0.2) is 0 Å². The molecule has 0 radical (unpaired) electrons. The second-order valence-electron chi connectivity index (χ2n) is 5.57. The third-order valence-electron chi connectivity index (χ3n) is 3.46. The third kappa shape index (κ3) is 6.01. The van der Waals surface area contributed by atoms with E-state index < -0.39 is 11.9 Å². The Kier molecular flexibility index (Phi) is 6.36. The molecule has 0 atom stereocenters. The van der Waals surface area contributed by atoms with Gasteiger partial charge in [0.25, 0.3) is 0 Å². The first-order valence-corrected chi connectivity index (χ1v) is 8.63. The predicted molar refractivity (Wildman–Crippen MR) is 96.3 cm³/mol. The van der Waals surface area contributed by atoms with Gasteiger partial charge in [-0.2, -0.15) is 13.2 Å². The minimum absolute atomic E-state index is 0.0304. The normalized spacial score (nSPS) is 11.2. The highest BCUT2D eigenvalue weighted by Crippen LogP contribution is 2.32. The Morgan fingerprint density at radius 3 is 2.32 bits per heavy atom. The summed E-state index contributed by atoms with van der Waals surface area (Å²) in [6.45, 7) is 3.77. The Balaban J connectivity index is 1.98. The Morgan fingerprint density at radius 2 is 1.68 bits per heavy atom. The van der Waals surface area contributed by atoms with Gasteiger partial charge in [0, 0.05) is 16.3 Å². The molecule has 25 heavy (non-hydrogen) atoms. The van der Waals surface area contributed by atoms with Crippen molar-refractivity contribution in [3.05, 3.63) is 53.6 Å². The number of aryl methyl sites for hydroxylation is 2. The van der Waals surface area contributed by atoms with Crippen LogP contribution in [0.5, 0.6) is 0 Å². The number of hydrogen-bond acceptors (Lipinski definition) is 3. The number of para-hydroxylation sites is 2. The van der Waals surface area contributed by atoms with E-state index in [1.54, 1.807) is 24.3 Å². The van der Waals surface area contributed by atoms with E-state index in [4.69, 9.17) is 0 Å². The molecular weight excluding hydrogens is 349 g/mol. The molecule has 0 aliphatic carbocycles. The number of rotatable bonds is 6. The first kappa shape index (κ1) is 19.2. The van der Waals surface area contributed by atoms with Gasteiger partial charge in [0.05, 0.1) is 12.3 Å². The number of nitrogens with one attached hydrogen (secondary N) is 2. The molecule has 0 unspecified atom stereocenters. The van der Waals surface area contributed by atoms with Crippen molar-refractivity contribution in [3.8, 4) is 0 Å².